The number of aromatic nitrogens is 2. The van der Waals surface area contributed by atoms with Gasteiger partial charge in [0, 0.05) is 12.4 Å². The Kier molecular flexibility index (Phi) is 1.62. The predicted octanol–water partition coefficient (Wildman–Crippen LogP) is 1.07. The van der Waals surface area contributed by atoms with Crippen molar-refractivity contribution in [1.82, 2.24) is 9.78 Å². The van der Waals surface area contributed by atoms with E-state index in [9.17, 15) is 9.18 Å². The van der Waals surface area contributed by atoms with Gasteiger partial charge in [-0.25, -0.2) is 9.07 Å². The molecule has 0 aliphatic carbocycles. The number of halogens is 1. The van der Waals surface area contributed by atoms with Gasteiger partial charge in [-0.05, 0) is 12.1 Å². The molecule has 0 spiro atoms. The molecular weight excluding hydrogens is 171 g/mol. The molecular formula is C9H7FN2O. The van der Waals surface area contributed by atoms with Crippen molar-refractivity contribution in [3.05, 3.63) is 40.6 Å². The van der Waals surface area contributed by atoms with E-state index in [0.29, 0.717) is 5.39 Å². The molecule has 0 amide bonds. The van der Waals surface area contributed by atoms with E-state index in [1.807, 2.05) is 0 Å². The number of hydrogen-bond donors (Lipinski definition) is 0. The first-order chi connectivity index (χ1) is 6.20. The van der Waals surface area contributed by atoms with E-state index < -0.39 is 5.82 Å². The van der Waals surface area contributed by atoms with Crippen LogP contribution in [-0.4, -0.2) is 9.78 Å². The molecule has 0 saturated heterocycles. The third-order valence-electron chi connectivity index (χ3n) is 1.94. The Hall–Kier alpha value is -1.71. The second-order valence-electron chi connectivity index (χ2n) is 2.77. The van der Waals surface area contributed by atoms with Crippen molar-refractivity contribution in [3.63, 3.8) is 0 Å². The average Bonchev–Trinajstić information content (AvgIpc) is 2.12. The molecule has 1 aromatic carbocycles. The highest BCUT2D eigenvalue weighted by Crippen LogP contribution is 2.11. The fourth-order valence-corrected chi connectivity index (χ4v) is 1.23. The fourth-order valence-electron chi connectivity index (χ4n) is 1.23. The second-order valence-corrected chi connectivity index (χ2v) is 2.77. The molecule has 0 saturated carbocycles. The highest BCUT2D eigenvalue weighted by Gasteiger charge is 2.04. The lowest BCUT2D eigenvalue weighted by molar-refractivity contribution is 0.636. The first kappa shape index (κ1) is 7.91. The summed E-state index contributed by atoms with van der Waals surface area (Å²) in [5.41, 5.74) is -0.281. The van der Waals surface area contributed by atoms with Crippen molar-refractivity contribution in [2.45, 2.75) is 0 Å². The minimum absolute atomic E-state index is 0.269. The van der Waals surface area contributed by atoms with E-state index in [-0.39, 0.29) is 10.9 Å². The summed E-state index contributed by atoms with van der Waals surface area (Å²) in [7, 11) is 1.53. The molecule has 0 radical (unpaired) electrons. The summed E-state index contributed by atoms with van der Waals surface area (Å²) in [6.45, 7) is 0. The lowest BCUT2D eigenvalue weighted by Crippen LogP contribution is -2.19. The fraction of sp³-hybridized carbons (Fsp3) is 0.111. The first-order valence-corrected chi connectivity index (χ1v) is 3.80. The van der Waals surface area contributed by atoms with Crippen LogP contribution in [0.4, 0.5) is 4.39 Å². The SMILES string of the molecule is Cn1ncc2c(F)cccc2c1=O. The van der Waals surface area contributed by atoms with E-state index in [1.54, 1.807) is 6.07 Å². The largest absolute Gasteiger partial charge is 0.274 e. The molecule has 0 aliphatic heterocycles. The van der Waals surface area contributed by atoms with Crippen LogP contribution in [0.15, 0.2) is 29.2 Å². The van der Waals surface area contributed by atoms with Gasteiger partial charge in [-0.2, -0.15) is 5.10 Å². The Morgan fingerprint density at radius 1 is 1.38 bits per heavy atom. The molecule has 66 valence electrons. The van der Waals surface area contributed by atoms with Crippen LogP contribution in [-0.2, 0) is 7.05 Å². The van der Waals surface area contributed by atoms with Crippen molar-refractivity contribution >= 4 is 10.8 Å². The summed E-state index contributed by atoms with van der Waals surface area (Å²) < 4.78 is 14.3. The van der Waals surface area contributed by atoms with Crippen LogP contribution >= 0.6 is 0 Å². The normalized spacial score (nSPS) is 10.6. The van der Waals surface area contributed by atoms with E-state index >= 15 is 0 Å². The van der Waals surface area contributed by atoms with Crippen LogP contribution in [0, 0.1) is 5.82 Å². The van der Waals surface area contributed by atoms with Crippen LogP contribution < -0.4 is 5.56 Å². The maximum atomic E-state index is 13.1. The molecule has 0 fully saturated rings. The van der Waals surface area contributed by atoms with Gasteiger partial charge in [-0.1, -0.05) is 6.07 Å². The number of hydrogen-bond acceptors (Lipinski definition) is 2. The summed E-state index contributed by atoms with van der Waals surface area (Å²) in [6.07, 6.45) is 1.35. The summed E-state index contributed by atoms with van der Waals surface area (Å²) in [4.78, 5) is 11.4. The highest BCUT2D eigenvalue weighted by molar-refractivity contribution is 5.80. The van der Waals surface area contributed by atoms with Gasteiger partial charge in [0.25, 0.3) is 5.56 Å². The third kappa shape index (κ3) is 1.11. The highest BCUT2D eigenvalue weighted by atomic mass is 19.1. The second kappa shape index (κ2) is 2.65. The van der Waals surface area contributed by atoms with E-state index in [2.05, 4.69) is 5.10 Å². The maximum Gasteiger partial charge on any atom is 0.274 e. The molecule has 1 aromatic heterocycles. The van der Waals surface area contributed by atoms with Crippen molar-refractivity contribution in [3.8, 4) is 0 Å². The van der Waals surface area contributed by atoms with Crippen molar-refractivity contribution < 1.29 is 4.39 Å². The molecule has 0 atom stereocenters. The van der Waals surface area contributed by atoms with Gasteiger partial charge < -0.3 is 0 Å². The lowest BCUT2D eigenvalue weighted by atomic mass is 10.2. The average molecular weight is 178 g/mol. The van der Waals surface area contributed by atoms with Gasteiger partial charge in [-0.3, -0.25) is 4.79 Å². The molecule has 1 heterocycles. The van der Waals surface area contributed by atoms with E-state index in [4.69, 9.17) is 0 Å². The number of aryl methyl sites for hydroxylation is 1. The maximum absolute atomic E-state index is 13.1. The molecule has 0 N–H and O–H groups in total. The van der Waals surface area contributed by atoms with Crippen molar-refractivity contribution in [2.24, 2.45) is 7.05 Å². The quantitative estimate of drug-likeness (QED) is 0.604. The van der Waals surface area contributed by atoms with Crippen molar-refractivity contribution in [2.75, 3.05) is 0 Å². The zero-order chi connectivity index (χ0) is 9.42. The standard InChI is InChI=1S/C9H7FN2O/c1-12-9(13)6-3-2-4-8(10)7(6)5-11-12/h2-5H,1H3. The minimum atomic E-state index is -0.414. The van der Waals surface area contributed by atoms with Gasteiger partial charge in [0.15, 0.2) is 0 Å². The Balaban J connectivity index is 3.03. The molecule has 0 aliphatic rings. The molecule has 3 nitrogen and oxygen atoms in total. The lowest BCUT2D eigenvalue weighted by Gasteiger charge is -1.99. The summed E-state index contributed by atoms with van der Waals surface area (Å²) >= 11 is 0. The summed E-state index contributed by atoms with van der Waals surface area (Å²) in [5, 5.41) is 4.36. The Morgan fingerprint density at radius 3 is 2.92 bits per heavy atom. The van der Waals surface area contributed by atoms with Crippen LogP contribution in [0.1, 0.15) is 0 Å². The van der Waals surface area contributed by atoms with Crippen LogP contribution in [0.5, 0.6) is 0 Å². The molecule has 2 rings (SSSR count). The summed E-state index contributed by atoms with van der Waals surface area (Å²) in [5.74, 6) is -0.414. The Morgan fingerprint density at radius 2 is 2.15 bits per heavy atom. The number of nitrogens with zero attached hydrogens (tertiary/aromatic N) is 2. The van der Waals surface area contributed by atoms with Gasteiger partial charge in [0.2, 0.25) is 0 Å². The van der Waals surface area contributed by atoms with Gasteiger partial charge in [-0.15, -0.1) is 0 Å². The number of benzene rings is 1. The molecule has 4 heteroatoms. The predicted molar refractivity (Wildman–Crippen MR) is 46.9 cm³/mol. The van der Waals surface area contributed by atoms with Gasteiger partial charge >= 0.3 is 0 Å². The van der Waals surface area contributed by atoms with Crippen molar-refractivity contribution in [1.29, 1.82) is 0 Å². The topological polar surface area (TPSA) is 34.9 Å². The third-order valence-corrected chi connectivity index (χ3v) is 1.94. The number of fused-ring (bicyclic) bond motifs is 1. The molecule has 0 bridgehead atoms. The van der Waals surface area contributed by atoms with Gasteiger partial charge in [0.1, 0.15) is 5.82 Å². The van der Waals surface area contributed by atoms with Crippen LogP contribution in [0.3, 0.4) is 0 Å². The zero-order valence-corrected chi connectivity index (χ0v) is 6.99. The van der Waals surface area contributed by atoms with Crippen LogP contribution in [0.25, 0.3) is 10.8 Å². The molecule has 2 aromatic rings. The number of rotatable bonds is 0. The van der Waals surface area contributed by atoms with E-state index in [1.165, 1.54) is 30.1 Å². The smallest absolute Gasteiger partial charge is 0.267 e. The molecule has 0 unspecified atom stereocenters. The van der Waals surface area contributed by atoms with E-state index in [0.717, 1.165) is 0 Å². The van der Waals surface area contributed by atoms with Gasteiger partial charge in [0.05, 0.1) is 11.6 Å². The minimum Gasteiger partial charge on any atom is -0.267 e. The monoisotopic (exact) mass is 178 g/mol. The zero-order valence-electron chi connectivity index (χ0n) is 6.99. The molecule has 13 heavy (non-hydrogen) atoms. The Labute approximate surface area is 73.4 Å². The van der Waals surface area contributed by atoms with Crippen LogP contribution in [0.2, 0.25) is 0 Å². The first-order valence-electron chi connectivity index (χ1n) is 3.80. The summed E-state index contributed by atoms with van der Waals surface area (Å²) in [6, 6.07) is 4.41. The Bertz CT molecular complexity index is 518.